The average molecular weight is 329 g/mol. The summed E-state index contributed by atoms with van der Waals surface area (Å²) in [6.45, 7) is 5.81. The maximum absolute atomic E-state index is 3.71. The zero-order valence-electron chi connectivity index (χ0n) is 10.9. The highest BCUT2D eigenvalue weighted by atomic mass is 79.9. The van der Waals surface area contributed by atoms with Crippen LogP contribution in [-0.4, -0.2) is 30.1 Å². The lowest BCUT2D eigenvalue weighted by molar-refractivity contribution is 0.107. The third kappa shape index (κ3) is 2.82. The van der Waals surface area contributed by atoms with E-state index in [4.69, 9.17) is 0 Å². The predicted octanol–water partition coefficient (Wildman–Crippen LogP) is 3.47. The highest BCUT2D eigenvalue weighted by Crippen LogP contribution is 2.37. The second-order valence-electron chi connectivity index (χ2n) is 5.54. The molecule has 18 heavy (non-hydrogen) atoms. The van der Waals surface area contributed by atoms with Gasteiger partial charge in [0.15, 0.2) is 0 Å². The van der Waals surface area contributed by atoms with Crippen molar-refractivity contribution >= 4 is 27.3 Å². The van der Waals surface area contributed by atoms with Crippen LogP contribution in [0.1, 0.15) is 31.1 Å². The number of halogens is 1. The van der Waals surface area contributed by atoms with Crippen LogP contribution in [0.15, 0.2) is 15.9 Å². The molecule has 1 N–H and O–H groups in total. The topological polar surface area (TPSA) is 15.3 Å². The molecule has 2 unspecified atom stereocenters. The van der Waals surface area contributed by atoms with Crippen LogP contribution in [-0.2, 0) is 6.54 Å². The lowest BCUT2D eigenvalue weighted by Crippen LogP contribution is -2.56. The fourth-order valence-electron chi connectivity index (χ4n) is 2.92. The molecule has 1 aliphatic heterocycles. The third-order valence-electron chi connectivity index (χ3n) is 4.24. The van der Waals surface area contributed by atoms with E-state index in [-0.39, 0.29) is 0 Å². The van der Waals surface area contributed by atoms with Gasteiger partial charge in [0, 0.05) is 41.1 Å². The van der Waals surface area contributed by atoms with E-state index in [2.05, 4.69) is 44.5 Å². The summed E-state index contributed by atoms with van der Waals surface area (Å²) in [6, 6.07) is 3.62. The van der Waals surface area contributed by atoms with E-state index in [0.29, 0.717) is 6.04 Å². The van der Waals surface area contributed by atoms with E-state index in [0.717, 1.165) is 18.5 Å². The van der Waals surface area contributed by atoms with Crippen LogP contribution >= 0.6 is 27.3 Å². The first-order chi connectivity index (χ1) is 8.78. The molecule has 100 valence electrons. The van der Waals surface area contributed by atoms with Crippen LogP contribution in [0.3, 0.4) is 0 Å². The molecule has 2 heterocycles. The smallest absolute Gasteiger partial charge is 0.0343 e. The van der Waals surface area contributed by atoms with Crippen LogP contribution in [0.4, 0.5) is 0 Å². The number of rotatable bonds is 4. The molecular formula is C14H21BrN2S. The van der Waals surface area contributed by atoms with Gasteiger partial charge < -0.3 is 5.32 Å². The Morgan fingerprint density at radius 2 is 2.33 bits per heavy atom. The van der Waals surface area contributed by atoms with Gasteiger partial charge in [0.2, 0.25) is 0 Å². The van der Waals surface area contributed by atoms with Gasteiger partial charge in [0.05, 0.1) is 0 Å². The van der Waals surface area contributed by atoms with Crippen LogP contribution < -0.4 is 5.32 Å². The van der Waals surface area contributed by atoms with Crippen molar-refractivity contribution in [3.8, 4) is 0 Å². The quantitative estimate of drug-likeness (QED) is 0.910. The first-order valence-electron chi connectivity index (χ1n) is 6.97. The maximum atomic E-state index is 3.71. The Bertz CT molecular complexity index is 402. The zero-order chi connectivity index (χ0) is 12.5. The molecule has 0 spiro atoms. The average Bonchev–Trinajstić information content (AvgIpc) is 3.15. The minimum Gasteiger partial charge on any atom is -0.311 e. The molecule has 0 amide bonds. The van der Waals surface area contributed by atoms with Crippen molar-refractivity contribution in [1.29, 1.82) is 0 Å². The molecule has 1 aliphatic carbocycles. The summed E-state index contributed by atoms with van der Waals surface area (Å²) in [5.74, 6) is 0.953. The van der Waals surface area contributed by atoms with E-state index in [9.17, 15) is 0 Å². The number of nitrogens with zero attached hydrogens (tertiary/aromatic N) is 1. The SMILES string of the molecule is CCC1CN(Cc2sccc2Br)C(C2CC2)CN1. The number of hydrogen-bond donors (Lipinski definition) is 1. The molecule has 2 fully saturated rings. The van der Waals surface area contributed by atoms with E-state index in [1.807, 2.05) is 11.3 Å². The van der Waals surface area contributed by atoms with Crippen LogP contribution in [0, 0.1) is 5.92 Å². The molecule has 0 aromatic carbocycles. The standard InChI is InChI=1S/C14H21BrN2S/c1-2-11-8-17(9-14-12(15)5-6-18-14)13(7-16-11)10-3-4-10/h5-6,10-11,13,16H,2-4,7-9H2,1H3. The molecule has 0 radical (unpaired) electrons. The highest BCUT2D eigenvalue weighted by molar-refractivity contribution is 9.10. The molecule has 1 saturated heterocycles. The van der Waals surface area contributed by atoms with Crippen molar-refractivity contribution in [3.05, 3.63) is 20.8 Å². The first kappa shape index (κ1) is 13.1. The zero-order valence-corrected chi connectivity index (χ0v) is 13.3. The summed E-state index contributed by atoms with van der Waals surface area (Å²) in [5.41, 5.74) is 0. The Balaban J connectivity index is 1.70. The van der Waals surface area contributed by atoms with Gasteiger partial charge in [-0.2, -0.15) is 0 Å². The largest absolute Gasteiger partial charge is 0.311 e. The summed E-state index contributed by atoms with van der Waals surface area (Å²) >= 11 is 5.54. The minimum absolute atomic E-state index is 0.679. The fraction of sp³-hybridized carbons (Fsp3) is 0.714. The van der Waals surface area contributed by atoms with E-state index in [1.54, 1.807) is 0 Å². The van der Waals surface area contributed by atoms with Crippen molar-refractivity contribution in [1.82, 2.24) is 10.2 Å². The Labute approximate surface area is 122 Å². The highest BCUT2D eigenvalue weighted by Gasteiger charge is 2.38. The molecule has 2 nitrogen and oxygen atoms in total. The summed E-state index contributed by atoms with van der Waals surface area (Å²) in [7, 11) is 0. The second kappa shape index (κ2) is 5.61. The monoisotopic (exact) mass is 328 g/mol. The van der Waals surface area contributed by atoms with Gasteiger partial charge in [-0.25, -0.2) is 0 Å². The molecule has 2 atom stereocenters. The van der Waals surface area contributed by atoms with Gasteiger partial charge >= 0.3 is 0 Å². The second-order valence-corrected chi connectivity index (χ2v) is 7.39. The van der Waals surface area contributed by atoms with Gasteiger partial charge in [-0.1, -0.05) is 6.92 Å². The molecule has 1 aromatic rings. The number of piperazine rings is 1. The minimum atomic E-state index is 0.679. The molecule has 1 aromatic heterocycles. The van der Waals surface area contributed by atoms with Crippen molar-refractivity contribution < 1.29 is 0 Å². The first-order valence-corrected chi connectivity index (χ1v) is 8.64. The van der Waals surface area contributed by atoms with Crippen molar-refractivity contribution in [2.24, 2.45) is 5.92 Å². The van der Waals surface area contributed by atoms with Gasteiger partial charge in [0.1, 0.15) is 0 Å². The Kier molecular flexibility index (Phi) is 4.09. The molecule has 4 heteroatoms. The van der Waals surface area contributed by atoms with Crippen molar-refractivity contribution in [2.45, 2.75) is 44.8 Å². The molecule has 1 saturated carbocycles. The summed E-state index contributed by atoms with van der Waals surface area (Å²) in [4.78, 5) is 4.20. The van der Waals surface area contributed by atoms with E-state index in [1.165, 1.54) is 41.7 Å². The number of hydrogen-bond acceptors (Lipinski definition) is 3. The van der Waals surface area contributed by atoms with Crippen molar-refractivity contribution in [2.75, 3.05) is 13.1 Å². The van der Waals surface area contributed by atoms with Gasteiger partial charge in [-0.3, -0.25) is 4.90 Å². The summed E-state index contributed by atoms with van der Waals surface area (Å²) < 4.78 is 1.29. The maximum Gasteiger partial charge on any atom is 0.0343 e. The van der Waals surface area contributed by atoms with Gasteiger partial charge in [-0.15, -0.1) is 11.3 Å². The summed E-state index contributed by atoms with van der Waals surface area (Å²) in [6.07, 6.45) is 4.11. The lowest BCUT2D eigenvalue weighted by atomic mass is 10.0. The normalized spacial score (nSPS) is 29.7. The third-order valence-corrected chi connectivity index (χ3v) is 6.15. The lowest BCUT2D eigenvalue weighted by Gasteiger charge is -2.40. The Morgan fingerprint density at radius 3 is 2.94 bits per heavy atom. The van der Waals surface area contributed by atoms with Crippen LogP contribution in [0.5, 0.6) is 0 Å². The Hall–Kier alpha value is 0.1000. The van der Waals surface area contributed by atoms with E-state index < -0.39 is 0 Å². The van der Waals surface area contributed by atoms with E-state index >= 15 is 0 Å². The van der Waals surface area contributed by atoms with Crippen LogP contribution in [0.25, 0.3) is 0 Å². The molecular weight excluding hydrogens is 308 g/mol. The van der Waals surface area contributed by atoms with Crippen molar-refractivity contribution in [3.63, 3.8) is 0 Å². The Morgan fingerprint density at radius 1 is 1.50 bits per heavy atom. The predicted molar refractivity (Wildman–Crippen MR) is 81.0 cm³/mol. The molecule has 3 rings (SSSR count). The van der Waals surface area contributed by atoms with Gasteiger partial charge in [-0.05, 0) is 52.6 Å². The number of nitrogens with one attached hydrogen (secondary N) is 1. The van der Waals surface area contributed by atoms with Crippen LogP contribution in [0.2, 0.25) is 0 Å². The fourth-order valence-corrected chi connectivity index (χ4v) is 4.43. The van der Waals surface area contributed by atoms with Gasteiger partial charge in [0.25, 0.3) is 0 Å². The molecule has 0 bridgehead atoms. The summed E-state index contributed by atoms with van der Waals surface area (Å²) in [5, 5.41) is 5.90. The number of thiophene rings is 1. The molecule has 2 aliphatic rings.